The molecule has 2 unspecified atom stereocenters. The molecule has 0 bridgehead atoms. The second-order valence-electron chi connectivity index (χ2n) is 5.43. The molecule has 2 rings (SSSR count). The summed E-state index contributed by atoms with van der Waals surface area (Å²) in [5.41, 5.74) is 1.42. The molecule has 1 aliphatic rings. The SMILES string of the molecule is CN(C)C1CCCC1N(C)Cc1ccccc1. The van der Waals surface area contributed by atoms with Crippen LogP contribution in [0.1, 0.15) is 24.8 Å². The molecule has 0 radical (unpaired) electrons. The zero-order valence-electron chi connectivity index (χ0n) is 11.3. The summed E-state index contributed by atoms with van der Waals surface area (Å²) < 4.78 is 0. The number of hydrogen-bond acceptors (Lipinski definition) is 2. The number of nitrogens with zero attached hydrogens (tertiary/aromatic N) is 2. The van der Waals surface area contributed by atoms with Gasteiger partial charge in [-0.2, -0.15) is 0 Å². The van der Waals surface area contributed by atoms with Crippen LogP contribution in [-0.2, 0) is 6.54 Å². The van der Waals surface area contributed by atoms with Gasteiger partial charge in [-0.15, -0.1) is 0 Å². The maximum atomic E-state index is 2.52. The highest BCUT2D eigenvalue weighted by atomic mass is 15.2. The molecule has 1 aromatic rings. The van der Waals surface area contributed by atoms with Gasteiger partial charge in [0.15, 0.2) is 0 Å². The highest BCUT2D eigenvalue weighted by Gasteiger charge is 2.31. The second-order valence-corrected chi connectivity index (χ2v) is 5.43. The van der Waals surface area contributed by atoms with Gasteiger partial charge in [-0.25, -0.2) is 0 Å². The molecule has 1 fully saturated rings. The van der Waals surface area contributed by atoms with Crippen LogP contribution in [0.15, 0.2) is 30.3 Å². The third-order valence-corrected chi connectivity index (χ3v) is 3.95. The molecule has 0 heterocycles. The highest BCUT2D eigenvalue weighted by molar-refractivity contribution is 5.14. The van der Waals surface area contributed by atoms with E-state index >= 15 is 0 Å². The minimum absolute atomic E-state index is 0.713. The van der Waals surface area contributed by atoms with Crippen molar-refractivity contribution in [3.05, 3.63) is 35.9 Å². The summed E-state index contributed by atoms with van der Waals surface area (Å²) in [6.07, 6.45) is 4.05. The predicted molar refractivity (Wildman–Crippen MR) is 73.0 cm³/mol. The van der Waals surface area contributed by atoms with E-state index in [0.717, 1.165) is 12.6 Å². The van der Waals surface area contributed by atoms with Crippen LogP contribution < -0.4 is 0 Å². The molecule has 0 aromatic heterocycles. The van der Waals surface area contributed by atoms with E-state index in [1.54, 1.807) is 0 Å². The van der Waals surface area contributed by atoms with Gasteiger partial charge in [-0.05, 0) is 39.5 Å². The normalized spacial score (nSPS) is 24.8. The molecule has 0 spiro atoms. The number of hydrogen-bond donors (Lipinski definition) is 0. The van der Waals surface area contributed by atoms with E-state index in [4.69, 9.17) is 0 Å². The van der Waals surface area contributed by atoms with Crippen molar-refractivity contribution >= 4 is 0 Å². The van der Waals surface area contributed by atoms with Crippen LogP contribution in [-0.4, -0.2) is 43.0 Å². The van der Waals surface area contributed by atoms with Gasteiger partial charge in [-0.3, -0.25) is 4.90 Å². The number of likely N-dealkylation sites (N-methyl/N-ethyl adjacent to an activating group) is 2. The average molecular weight is 232 g/mol. The maximum Gasteiger partial charge on any atom is 0.0251 e. The van der Waals surface area contributed by atoms with Crippen molar-refractivity contribution in [2.45, 2.75) is 37.9 Å². The van der Waals surface area contributed by atoms with Crippen LogP contribution in [0.5, 0.6) is 0 Å². The van der Waals surface area contributed by atoms with Crippen LogP contribution in [0.25, 0.3) is 0 Å². The fourth-order valence-corrected chi connectivity index (χ4v) is 3.03. The van der Waals surface area contributed by atoms with Crippen molar-refractivity contribution in [2.24, 2.45) is 0 Å². The zero-order valence-corrected chi connectivity index (χ0v) is 11.3. The Kier molecular flexibility index (Phi) is 4.19. The molecular weight excluding hydrogens is 208 g/mol. The van der Waals surface area contributed by atoms with Gasteiger partial charge < -0.3 is 4.90 Å². The topological polar surface area (TPSA) is 6.48 Å². The lowest BCUT2D eigenvalue weighted by Crippen LogP contribution is -2.44. The van der Waals surface area contributed by atoms with Crippen molar-refractivity contribution in [2.75, 3.05) is 21.1 Å². The van der Waals surface area contributed by atoms with Gasteiger partial charge in [0.2, 0.25) is 0 Å². The quantitative estimate of drug-likeness (QED) is 0.787. The predicted octanol–water partition coefficient (Wildman–Crippen LogP) is 2.60. The lowest BCUT2D eigenvalue weighted by molar-refractivity contribution is 0.147. The fourth-order valence-electron chi connectivity index (χ4n) is 3.03. The second kappa shape index (κ2) is 5.65. The van der Waals surface area contributed by atoms with Crippen molar-refractivity contribution < 1.29 is 0 Å². The molecule has 1 aromatic carbocycles. The number of rotatable bonds is 4. The highest BCUT2D eigenvalue weighted by Crippen LogP contribution is 2.27. The summed E-state index contributed by atoms with van der Waals surface area (Å²) >= 11 is 0. The summed E-state index contributed by atoms with van der Waals surface area (Å²) in [5.74, 6) is 0. The molecule has 0 aliphatic heterocycles. The molecule has 17 heavy (non-hydrogen) atoms. The zero-order chi connectivity index (χ0) is 12.3. The minimum atomic E-state index is 0.713. The number of benzene rings is 1. The van der Waals surface area contributed by atoms with Gasteiger partial charge >= 0.3 is 0 Å². The molecule has 94 valence electrons. The van der Waals surface area contributed by atoms with Gasteiger partial charge in [0.05, 0.1) is 0 Å². The minimum Gasteiger partial charge on any atom is -0.305 e. The molecule has 0 N–H and O–H groups in total. The van der Waals surface area contributed by atoms with E-state index in [2.05, 4.69) is 61.3 Å². The maximum absolute atomic E-state index is 2.52. The van der Waals surface area contributed by atoms with E-state index in [0.29, 0.717) is 6.04 Å². The third kappa shape index (κ3) is 3.08. The lowest BCUT2D eigenvalue weighted by atomic mass is 10.1. The Bertz CT molecular complexity index is 334. The summed E-state index contributed by atoms with van der Waals surface area (Å²) in [7, 11) is 6.68. The van der Waals surface area contributed by atoms with Crippen LogP contribution in [0.4, 0.5) is 0 Å². The first kappa shape index (κ1) is 12.6. The molecule has 1 aliphatic carbocycles. The van der Waals surface area contributed by atoms with Gasteiger partial charge in [0.25, 0.3) is 0 Å². The Labute approximate surface area is 105 Å². The van der Waals surface area contributed by atoms with Crippen LogP contribution in [0.3, 0.4) is 0 Å². The Morgan fingerprint density at radius 2 is 1.65 bits per heavy atom. The van der Waals surface area contributed by atoms with Crippen molar-refractivity contribution in [3.63, 3.8) is 0 Å². The molecule has 0 saturated heterocycles. The monoisotopic (exact) mass is 232 g/mol. The third-order valence-electron chi connectivity index (χ3n) is 3.95. The standard InChI is InChI=1S/C15H24N2/c1-16(2)14-10-7-11-15(14)17(3)12-13-8-5-4-6-9-13/h4-6,8-9,14-15H,7,10-12H2,1-3H3. The van der Waals surface area contributed by atoms with Crippen molar-refractivity contribution in [1.29, 1.82) is 0 Å². The van der Waals surface area contributed by atoms with Gasteiger partial charge in [0, 0.05) is 18.6 Å². The van der Waals surface area contributed by atoms with Crippen molar-refractivity contribution in [1.82, 2.24) is 9.80 Å². The van der Waals surface area contributed by atoms with Gasteiger partial charge in [-0.1, -0.05) is 36.8 Å². The molecular formula is C15H24N2. The first-order valence-corrected chi connectivity index (χ1v) is 6.59. The Balaban J connectivity index is 1.98. The molecule has 2 nitrogen and oxygen atoms in total. The smallest absolute Gasteiger partial charge is 0.0251 e. The summed E-state index contributed by atoms with van der Waals surface area (Å²) in [5, 5.41) is 0. The lowest BCUT2D eigenvalue weighted by Gasteiger charge is -2.33. The summed E-state index contributed by atoms with van der Waals surface area (Å²) in [6.45, 7) is 1.07. The first-order chi connectivity index (χ1) is 8.18. The van der Waals surface area contributed by atoms with Crippen molar-refractivity contribution in [3.8, 4) is 0 Å². The summed E-state index contributed by atoms with van der Waals surface area (Å²) in [4.78, 5) is 4.91. The Morgan fingerprint density at radius 3 is 2.29 bits per heavy atom. The molecule has 0 amide bonds. The van der Waals surface area contributed by atoms with E-state index < -0.39 is 0 Å². The van der Waals surface area contributed by atoms with Crippen LogP contribution >= 0.6 is 0 Å². The van der Waals surface area contributed by atoms with E-state index in [9.17, 15) is 0 Å². The van der Waals surface area contributed by atoms with Gasteiger partial charge in [0.1, 0.15) is 0 Å². The molecule has 2 heteroatoms. The Hall–Kier alpha value is -0.860. The van der Waals surface area contributed by atoms with E-state index in [-0.39, 0.29) is 0 Å². The molecule has 1 saturated carbocycles. The summed E-state index contributed by atoms with van der Waals surface area (Å²) in [6, 6.07) is 12.2. The van der Waals surface area contributed by atoms with Crippen LogP contribution in [0.2, 0.25) is 0 Å². The molecule has 2 atom stereocenters. The fraction of sp³-hybridized carbons (Fsp3) is 0.600. The largest absolute Gasteiger partial charge is 0.305 e. The van der Waals surface area contributed by atoms with E-state index in [1.807, 2.05) is 0 Å². The van der Waals surface area contributed by atoms with Crippen LogP contribution in [0, 0.1) is 0 Å². The van der Waals surface area contributed by atoms with E-state index in [1.165, 1.54) is 24.8 Å². The Morgan fingerprint density at radius 1 is 1.00 bits per heavy atom. The first-order valence-electron chi connectivity index (χ1n) is 6.59. The average Bonchev–Trinajstić information content (AvgIpc) is 2.79.